The van der Waals surface area contributed by atoms with Crippen molar-refractivity contribution in [2.45, 2.75) is 6.54 Å². The van der Waals surface area contributed by atoms with Crippen molar-refractivity contribution >= 4 is 23.2 Å². The number of nitrogens with two attached hydrogens (primary N) is 1. The molecule has 2 rings (SSSR count). The molecule has 5 heteroatoms. The molecular formula is C13H12ClN3O. The fraction of sp³-hybridized carbons (Fsp3) is 0.0769. The van der Waals surface area contributed by atoms with Crippen LogP contribution in [0.1, 0.15) is 15.9 Å². The summed E-state index contributed by atoms with van der Waals surface area (Å²) in [7, 11) is 0. The van der Waals surface area contributed by atoms with Crippen molar-refractivity contribution in [3.05, 3.63) is 58.9 Å². The number of nitrogens with zero attached hydrogens (tertiary/aromatic N) is 1. The quantitative estimate of drug-likeness (QED) is 0.833. The van der Waals surface area contributed by atoms with Gasteiger partial charge in [-0.05, 0) is 29.8 Å². The maximum absolute atomic E-state index is 11.9. The minimum atomic E-state index is -0.251. The molecule has 0 fully saturated rings. The molecular weight excluding hydrogens is 250 g/mol. The highest BCUT2D eigenvalue weighted by Crippen LogP contribution is 2.17. The molecule has 0 unspecified atom stereocenters. The van der Waals surface area contributed by atoms with Gasteiger partial charge in [0.15, 0.2) is 0 Å². The largest absolute Gasteiger partial charge is 0.398 e. The number of amides is 1. The number of hydrogen-bond acceptors (Lipinski definition) is 3. The third-order valence-electron chi connectivity index (χ3n) is 2.44. The van der Waals surface area contributed by atoms with E-state index in [2.05, 4.69) is 10.3 Å². The average Bonchev–Trinajstić information content (AvgIpc) is 2.40. The molecule has 0 saturated heterocycles. The van der Waals surface area contributed by atoms with E-state index in [1.165, 1.54) is 0 Å². The lowest BCUT2D eigenvalue weighted by Gasteiger charge is -2.07. The summed E-state index contributed by atoms with van der Waals surface area (Å²) in [5.74, 6) is -0.251. The molecule has 2 aromatic rings. The van der Waals surface area contributed by atoms with Gasteiger partial charge >= 0.3 is 0 Å². The second kappa shape index (κ2) is 5.51. The fourth-order valence-electron chi connectivity index (χ4n) is 1.51. The third kappa shape index (κ3) is 2.99. The lowest BCUT2D eigenvalue weighted by molar-refractivity contribution is 0.0952. The van der Waals surface area contributed by atoms with Crippen LogP contribution in [0.4, 0.5) is 5.69 Å². The molecule has 0 atom stereocenters. The van der Waals surface area contributed by atoms with Crippen LogP contribution in [0.15, 0.2) is 42.7 Å². The highest BCUT2D eigenvalue weighted by molar-refractivity contribution is 6.31. The maximum Gasteiger partial charge on any atom is 0.253 e. The van der Waals surface area contributed by atoms with E-state index in [0.717, 1.165) is 5.56 Å². The number of pyridine rings is 1. The monoisotopic (exact) mass is 261 g/mol. The summed E-state index contributed by atoms with van der Waals surface area (Å²) in [6, 6.07) is 8.51. The number of anilines is 1. The smallest absolute Gasteiger partial charge is 0.253 e. The molecule has 3 N–H and O–H groups in total. The van der Waals surface area contributed by atoms with Crippen LogP contribution < -0.4 is 11.1 Å². The molecule has 0 bridgehead atoms. The molecule has 1 amide bonds. The van der Waals surface area contributed by atoms with Gasteiger partial charge in [-0.15, -0.1) is 0 Å². The second-order valence-corrected chi connectivity index (χ2v) is 4.21. The van der Waals surface area contributed by atoms with Crippen molar-refractivity contribution in [1.82, 2.24) is 10.3 Å². The van der Waals surface area contributed by atoms with Crippen LogP contribution >= 0.6 is 11.6 Å². The van der Waals surface area contributed by atoms with Gasteiger partial charge in [0.05, 0.1) is 5.56 Å². The number of nitrogens with one attached hydrogen (secondary N) is 1. The standard InChI is InChI=1S/C13H12ClN3O/c14-10-3-4-12(15)11(6-10)13(18)17-8-9-2-1-5-16-7-9/h1-7H,8,15H2,(H,17,18). The first-order valence-electron chi connectivity index (χ1n) is 5.39. The second-order valence-electron chi connectivity index (χ2n) is 3.78. The Morgan fingerprint density at radius 3 is 2.94 bits per heavy atom. The predicted molar refractivity (Wildman–Crippen MR) is 71.3 cm³/mol. The molecule has 0 radical (unpaired) electrons. The molecule has 1 aromatic carbocycles. The highest BCUT2D eigenvalue weighted by Gasteiger charge is 2.09. The van der Waals surface area contributed by atoms with Crippen LogP contribution in [-0.4, -0.2) is 10.9 Å². The summed E-state index contributed by atoms with van der Waals surface area (Å²) in [5, 5.41) is 3.25. The molecule has 0 spiro atoms. The Kier molecular flexibility index (Phi) is 3.79. The molecule has 4 nitrogen and oxygen atoms in total. The number of nitrogen functional groups attached to an aromatic ring is 1. The van der Waals surface area contributed by atoms with E-state index < -0.39 is 0 Å². The van der Waals surface area contributed by atoms with Gasteiger partial charge < -0.3 is 11.1 Å². The Hall–Kier alpha value is -2.07. The highest BCUT2D eigenvalue weighted by atomic mass is 35.5. The molecule has 92 valence electrons. The van der Waals surface area contributed by atoms with Crippen molar-refractivity contribution < 1.29 is 4.79 Å². The summed E-state index contributed by atoms with van der Waals surface area (Å²) in [6.07, 6.45) is 3.38. The molecule has 0 aliphatic carbocycles. The first-order chi connectivity index (χ1) is 8.66. The van der Waals surface area contributed by atoms with Gasteiger partial charge in [-0.25, -0.2) is 0 Å². The molecule has 0 aliphatic rings. The summed E-state index contributed by atoms with van der Waals surface area (Å²) in [4.78, 5) is 15.9. The zero-order valence-corrected chi connectivity index (χ0v) is 10.3. The van der Waals surface area contributed by atoms with E-state index in [-0.39, 0.29) is 5.91 Å². The van der Waals surface area contributed by atoms with Gasteiger partial charge in [0, 0.05) is 29.6 Å². The number of carbonyl (C=O) groups excluding carboxylic acids is 1. The Balaban J connectivity index is 2.06. The van der Waals surface area contributed by atoms with E-state index in [1.54, 1.807) is 30.6 Å². The van der Waals surface area contributed by atoms with Crippen molar-refractivity contribution in [3.63, 3.8) is 0 Å². The number of carbonyl (C=O) groups is 1. The Morgan fingerprint density at radius 2 is 2.22 bits per heavy atom. The predicted octanol–water partition coefficient (Wildman–Crippen LogP) is 2.25. The van der Waals surface area contributed by atoms with E-state index in [9.17, 15) is 4.79 Å². The van der Waals surface area contributed by atoms with Gasteiger partial charge in [0.2, 0.25) is 0 Å². The maximum atomic E-state index is 11.9. The zero-order valence-electron chi connectivity index (χ0n) is 9.56. The average molecular weight is 262 g/mol. The Bertz CT molecular complexity index is 557. The van der Waals surface area contributed by atoms with E-state index in [1.807, 2.05) is 12.1 Å². The fourth-order valence-corrected chi connectivity index (χ4v) is 1.68. The van der Waals surface area contributed by atoms with Gasteiger partial charge in [-0.3, -0.25) is 9.78 Å². The van der Waals surface area contributed by atoms with E-state index in [0.29, 0.717) is 22.8 Å². The third-order valence-corrected chi connectivity index (χ3v) is 2.67. The van der Waals surface area contributed by atoms with E-state index >= 15 is 0 Å². The van der Waals surface area contributed by atoms with Crippen molar-refractivity contribution in [1.29, 1.82) is 0 Å². The molecule has 1 heterocycles. The lowest BCUT2D eigenvalue weighted by atomic mass is 10.1. The normalized spacial score (nSPS) is 10.1. The van der Waals surface area contributed by atoms with Crippen molar-refractivity contribution in [3.8, 4) is 0 Å². The summed E-state index contributed by atoms with van der Waals surface area (Å²) in [5.41, 5.74) is 7.44. The summed E-state index contributed by atoms with van der Waals surface area (Å²) >= 11 is 5.83. The van der Waals surface area contributed by atoms with Crippen LogP contribution in [-0.2, 0) is 6.54 Å². The van der Waals surface area contributed by atoms with Gasteiger partial charge in [0.25, 0.3) is 5.91 Å². The summed E-state index contributed by atoms with van der Waals surface area (Å²) < 4.78 is 0. The lowest BCUT2D eigenvalue weighted by Crippen LogP contribution is -2.23. The molecule has 0 saturated carbocycles. The minimum Gasteiger partial charge on any atom is -0.398 e. The van der Waals surface area contributed by atoms with Crippen molar-refractivity contribution in [2.24, 2.45) is 0 Å². The molecule has 1 aromatic heterocycles. The number of aromatic nitrogens is 1. The first kappa shape index (κ1) is 12.4. The molecule has 18 heavy (non-hydrogen) atoms. The first-order valence-corrected chi connectivity index (χ1v) is 5.77. The minimum absolute atomic E-state index is 0.251. The number of hydrogen-bond donors (Lipinski definition) is 2. The van der Waals surface area contributed by atoms with E-state index in [4.69, 9.17) is 17.3 Å². The summed E-state index contributed by atoms with van der Waals surface area (Å²) in [6.45, 7) is 0.401. The van der Waals surface area contributed by atoms with Crippen LogP contribution in [0, 0.1) is 0 Å². The van der Waals surface area contributed by atoms with Crippen LogP contribution in [0.25, 0.3) is 0 Å². The van der Waals surface area contributed by atoms with Crippen LogP contribution in [0.2, 0.25) is 5.02 Å². The zero-order chi connectivity index (χ0) is 13.0. The molecule has 0 aliphatic heterocycles. The number of halogens is 1. The number of rotatable bonds is 3. The topological polar surface area (TPSA) is 68.0 Å². The van der Waals surface area contributed by atoms with Crippen molar-refractivity contribution in [2.75, 3.05) is 5.73 Å². The van der Waals surface area contributed by atoms with Gasteiger partial charge in [-0.1, -0.05) is 17.7 Å². The van der Waals surface area contributed by atoms with Gasteiger partial charge in [-0.2, -0.15) is 0 Å². The van der Waals surface area contributed by atoms with Crippen LogP contribution in [0.5, 0.6) is 0 Å². The number of benzene rings is 1. The van der Waals surface area contributed by atoms with Gasteiger partial charge in [0.1, 0.15) is 0 Å². The Morgan fingerprint density at radius 1 is 1.39 bits per heavy atom. The Labute approximate surface area is 110 Å². The SMILES string of the molecule is Nc1ccc(Cl)cc1C(=O)NCc1cccnc1. The van der Waals surface area contributed by atoms with Crippen LogP contribution in [0.3, 0.4) is 0 Å².